The largest absolute Gasteiger partial charge is 0.481 e. The van der Waals surface area contributed by atoms with Gasteiger partial charge in [0.25, 0.3) is 0 Å². The van der Waals surface area contributed by atoms with Gasteiger partial charge in [0.1, 0.15) is 9.84 Å². The van der Waals surface area contributed by atoms with Crippen molar-refractivity contribution in [1.29, 1.82) is 0 Å². The molecule has 76 valence electrons. The van der Waals surface area contributed by atoms with Crippen LogP contribution in [0.25, 0.3) is 0 Å². The standard InChI is InChI=1S/C7H13NO4S/c8-6-2-4-13(11,12)3-1-5(6)7(9)10/h5-6H,1-4,8H2,(H,9,10). The highest BCUT2D eigenvalue weighted by atomic mass is 32.2. The first kappa shape index (κ1) is 10.5. The van der Waals surface area contributed by atoms with Crippen molar-refractivity contribution in [2.45, 2.75) is 18.9 Å². The van der Waals surface area contributed by atoms with E-state index in [0.29, 0.717) is 0 Å². The first-order chi connectivity index (χ1) is 5.92. The van der Waals surface area contributed by atoms with Gasteiger partial charge in [-0.25, -0.2) is 8.42 Å². The van der Waals surface area contributed by atoms with Crippen LogP contribution in [0.4, 0.5) is 0 Å². The third kappa shape index (κ3) is 2.67. The number of nitrogens with two attached hydrogens (primary N) is 1. The lowest BCUT2D eigenvalue weighted by Gasteiger charge is -2.14. The van der Waals surface area contributed by atoms with Crippen molar-refractivity contribution in [2.75, 3.05) is 11.5 Å². The lowest BCUT2D eigenvalue weighted by Crippen LogP contribution is -2.35. The maximum Gasteiger partial charge on any atom is 0.308 e. The van der Waals surface area contributed by atoms with Crippen molar-refractivity contribution in [3.63, 3.8) is 0 Å². The van der Waals surface area contributed by atoms with Gasteiger partial charge in [-0.05, 0) is 12.8 Å². The summed E-state index contributed by atoms with van der Waals surface area (Å²) < 4.78 is 22.3. The Hall–Kier alpha value is -0.620. The number of sulfone groups is 1. The Bertz CT molecular complexity index is 298. The van der Waals surface area contributed by atoms with Gasteiger partial charge < -0.3 is 10.8 Å². The van der Waals surface area contributed by atoms with Crippen molar-refractivity contribution >= 4 is 15.8 Å². The average molecular weight is 207 g/mol. The summed E-state index contributed by atoms with van der Waals surface area (Å²) in [7, 11) is -3.06. The maximum absolute atomic E-state index is 11.1. The first-order valence-corrected chi connectivity index (χ1v) is 5.93. The summed E-state index contributed by atoms with van der Waals surface area (Å²) >= 11 is 0. The van der Waals surface area contributed by atoms with Crippen LogP contribution in [-0.2, 0) is 14.6 Å². The van der Waals surface area contributed by atoms with Gasteiger partial charge in [-0.3, -0.25) is 4.79 Å². The molecule has 1 aliphatic heterocycles. The van der Waals surface area contributed by atoms with Crippen LogP contribution in [0.15, 0.2) is 0 Å². The van der Waals surface area contributed by atoms with E-state index in [9.17, 15) is 13.2 Å². The Morgan fingerprint density at radius 2 is 1.85 bits per heavy atom. The van der Waals surface area contributed by atoms with Gasteiger partial charge in [0.05, 0.1) is 17.4 Å². The topological polar surface area (TPSA) is 97.5 Å². The molecule has 0 aromatic rings. The molecule has 1 aliphatic rings. The molecular weight excluding hydrogens is 194 g/mol. The zero-order valence-corrected chi connectivity index (χ0v) is 7.96. The third-order valence-electron chi connectivity index (χ3n) is 2.34. The molecule has 0 aromatic heterocycles. The van der Waals surface area contributed by atoms with Crippen molar-refractivity contribution in [3.05, 3.63) is 0 Å². The third-order valence-corrected chi connectivity index (χ3v) is 4.05. The van der Waals surface area contributed by atoms with Crippen LogP contribution in [0.5, 0.6) is 0 Å². The molecule has 0 aromatic carbocycles. The zero-order valence-electron chi connectivity index (χ0n) is 7.14. The molecule has 13 heavy (non-hydrogen) atoms. The minimum Gasteiger partial charge on any atom is -0.481 e. The number of carboxylic acids is 1. The quantitative estimate of drug-likeness (QED) is 0.588. The first-order valence-electron chi connectivity index (χ1n) is 4.11. The highest BCUT2D eigenvalue weighted by Crippen LogP contribution is 2.18. The molecule has 0 saturated carbocycles. The Labute approximate surface area is 76.8 Å². The predicted octanol–water partition coefficient (Wildman–Crippen LogP) is -0.777. The second-order valence-corrected chi connectivity index (χ2v) is 5.64. The molecule has 0 bridgehead atoms. The molecule has 6 heteroatoms. The molecule has 1 saturated heterocycles. The van der Waals surface area contributed by atoms with Crippen LogP contribution < -0.4 is 5.73 Å². The molecule has 2 unspecified atom stereocenters. The highest BCUT2D eigenvalue weighted by molar-refractivity contribution is 7.91. The minimum atomic E-state index is -3.06. The van der Waals surface area contributed by atoms with Crippen molar-refractivity contribution < 1.29 is 18.3 Å². The number of hydrogen-bond donors (Lipinski definition) is 2. The van der Waals surface area contributed by atoms with Gasteiger partial charge in [-0.15, -0.1) is 0 Å². The Kier molecular flexibility index (Phi) is 2.92. The lowest BCUT2D eigenvalue weighted by molar-refractivity contribution is -0.142. The van der Waals surface area contributed by atoms with Crippen LogP contribution in [0.1, 0.15) is 12.8 Å². The van der Waals surface area contributed by atoms with Crippen molar-refractivity contribution in [2.24, 2.45) is 11.7 Å². The summed E-state index contributed by atoms with van der Waals surface area (Å²) in [5, 5.41) is 8.73. The maximum atomic E-state index is 11.1. The van der Waals surface area contributed by atoms with Crippen LogP contribution in [0.2, 0.25) is 0 Å². The summed E-state index contributed by atoms with van der Waals surface area (Å²) in [4.78, 5) is 10.7. The van der Waals surface area contributed by atoms with Crippen LogP contribution in [0.3, 0.4) is 0 Å². The summed E-state index contributed by atoms with van der Waals surface area (Å²) in [5.41, 5.74) is 5.56. The molecule has 0 radical (unpaired) electrons. The fraction of sp³-hybridized carbons (Fsp3) is 0.857. The lowest BCUT2D eigenvalue weighted by atomic mass is 9.96. The Balaban J connectivity index is 2.76. The molecule has 5 nitrogen and oxygen atoms in total. The number of carboxylic acid groups (broad SMARTS) is 1. The molecule has 1 rings (SSSR count). The number of carbonyl (C=O) groups is 1. The minimum absolute atomic E-state index is 0.0119. The average Bonchev–Trinajstić information content (AvgIpc) is 2.11. The van der Waals surface area contributed by atoms with E-state index >= 15 is 0 Å². The SMILES string of the molecule is NC1CCS(=O)(=O)CCC1C(=O)O. The van der Waals surface area contributed by atoms with Crippen molar-refractivity contribution in [1.82, 2.24) is 0 Å². The van der Waals surface area contributed by atoms with Gasteiger partial charge in [0.15, 0.2) is 0 Å². The Morgan fingerprint density at radius 1 is 1.31 bits per heavy atom. The van der Waals surface area contributed by atoms with Gasteiger partial charge in [-0.1, -0.05) is 0 Å². The molecule has 1 fully saturated rings. The van der Waals surface area contributed by atoms with E-state index in [1.807, 2.05) is 0 Å². The predicted molar refractivity (Wildman–Crippen MR) is 47.0 cm³/mol. The smallest absolute Gasteiger partial charge is 0.308 e. The molecule has 0 amide bonds. The highest BCUT2D eigenvalue weighted by Gasteiger charge is 2.31. The normalized spacial score (nSPS) is 33.6. The fourth-order valence-corrected chi connectivity index (χ4v) is 2.89. The second-order valence-electron chi connectivity index (χ2n) is 3.34. The van der Waals surface area contributed by atoms with Gasteiger partial charge in [0, 0.05) is 6.04 Å². The number of hydrogen-bond acceptors (Lipinski definition) is 4. The molecule has 3 N–H and O–H groups in total. The Morgan fingerprint density at radius 3 is 2.38 bits per heavy atom. The van der Waals surface area contributed by atoms with Crippen molar-refractivity contribution in [3.8, 4) is 0 Å². The van der Waals surface area contributed by atoms with Crippen LogP contribution in [0, 0.1) is 5.92 Å². The van der Waals surface area contributed by atoms with E-state index < -0.39 is 27.8 Å². The second kappa shape index (κ2) is 3.63. The molecule has 1 heterocycles. The fourth-order valence-electron chi connectivity index (χ4n) is 1.45. The van der Waals surface area contributed by atoms with E-state index in [1.54, 1.807) is 0 Å². The molecule has 0 spiro atoms. The molecular formula is C7H13NO4S. The van der Waals surface area contributed by atoms with Gasteiger partial charge in [0.2, 0.25) is 0 Å². The molecule has 2 atom stereocenters. The van der Waals surface area contributed by atoms with Crippen LogP contribution >= 0.6 is 0 Å². The number of rotatable bonds is 1. The molecule has 0 aliphatic carbocycles. The zero-order chi connectivity index (χ0) is 10.1. The van der Waals surface area contributed by atoms with E-state index in [-0.39, 0.29) is 24.3 Å². The summed E-state index contributed by atoms with van der Waals surface area (Å²) in [6.45, 7) is 0. The monoisotopic (exact) mass is 207 g/mol. The van der Waals surface area contributed by atoms with Gasteiger partial charge in [-0.2, -0.15) is 0 Å². The van der Waals surface area contributed by atoms with E-state index in [1.165, 1.54) is 0 Å². The summed E-state index contributed by atoms with van der Waals surface area (Å²) in [6.07, 6.45) is 0.387. The summed E-state index contributed by atoms with van der Waals surface area (Å²) in [6, 6.07) is -0.533. The number of aliphatic carboxylic acids is 1. The summed E-state index contributed by atoms with van der Waals surface area (Å²) in [5.74, 6) is -1.75. The van der Waals surface area contributed by atoms with E-state index in [2.05, 4.69) is 0 Å². The van der Waals surface area contributed by atoms with Crippen LogP contribution in [-0.4, -0.2) is 37.0 Å². The van der Waals surface area contributed by atoms with E-state index in [4.69, 9.17) is 10.8 Å². The van der Waals surface area contributed by atoms with E-state index in [0.717, 1.165) is 0 Å². The van der Waals surface area contributed by atoms with Gasteiger partial charge >= 0.3 is 5.97 Å².